The molecule has 0 unspecified atom stereocenters. The van der Waals surface area contributed by atoms with Crippen LogP contribution in [0.25, 0.3) is 11.4 Å². The van der Waals surface area contributed by atoms with Crippen LogP contribution in [0.5, 0.6) is 5.75 Å². The summed E-state index contributed by atoms with van der Waals surface area (Å²) in [5.41, 5.74) is 2.42. The second-order valence-corrected chi connectivity index (χ2v) is 7.08. The third kappa shape index (κ3) is 2.58. The largest absolute Gasteiger partial charge is 0.491 e. The Bertz CT molecular complexity index is 689. The Balaban J connectivity index is 1.28. The van der Waals surface area contributed by atoms with E-state index >= 15 is 0 Å². The van der Waals surface area contributed by atoms with Gasteiger partial charge >= 0.3 is 0 Å². The van der Waals surface area contributed by atoms with Gasteiger partial charge in [-0.25, -0.2) is 0 Å². The Hall–Kier alpha value is -2.37. The second kappa shape index (κ2) is 5.08. The van der Waals surface area contributed by atoms with Crippen molar-refractivity contribution < 1.29 is 9.53 Å². The molecule has 5 rings (SSSR count). The van der Waals surface area contributed by atoms with E-state index in [-0.39, 0.29) is 5.91 Å². The Morgan fingerprint density at radius 3 is 2.74 bits per heavy atom. The normalized spacial score (nSPS) is 27.7. The molecule has 0 saturated heterocycles. The zero-order valence-corrected chi connectivity index (χ0v) is 13.1. The molecule has 2 N–H and O–H groups in total. The molecule has 3 aliphatic rings. The van der Waals surface area contributed by atoms with Crippen LogP contribution in [-0.2, 0) is 4.79 Å². The van der Waals surface area contributed by atoms with Crippen LogP contribution in [0.3, 0.4) is 0 Å². The van der Waals surface area contributed by atoms with Gasteiger partial charge in [0.05, 0.1) is 24.2 Å². The summed E-state index contributed by atoms with van der Waals surface area (Å²) in [5.74, 6) is 0.859. The molecule has 0 aliphatic heterocycles. The molecule has 3 fully saturated rings. The zero-order chi connectivity index (χ0) is 15.9. The minimum atomic E-state index is 0.0588. The SMILES string of the molecule is CC(=O)NCC12CC(COc3ccc(-c4ccn[nH]4)nc3)(C1)C2. The predicted octanol–water partition coefficient (Wildman–Crippen LogP) is 2.16. The first kappa shape index (κ1) is 14.2. The van der Waals surface area contributed by atoms with Gasteiger partial charge in [0, 0.05) is 25.1 Å². The summed E-state index contributed by atoms with van der Waals surface area (Å²) in [6.07, 6.45) is 6.93. The van der Waals surface area contributed by atoms with Crippen molar-refractivity contribution in [2.75, 3.05) is 13.2 Å². The number of aromatic amines is 1. The fourth-order valence-corrected chi connectivity index (χ4v) is 4.14. The molecule has 1 amide bonds. The number of ether oxygens (including phenoxy) is 1. The highest BCUT2D eigenvalue weighted by molar-refractivity contribution is 5.72. The van der Waals surface area contributed by atoms with Crippen LogP contribution in [0.4, 0.5) is 0 Å². The molecular formula is C17H20N4O2. The van der Waals surface area contributed by atoms with E-state index in [1.54, 1.807) is 19.3 Å². The highest BCUT2D eigenvalue weighted by Crippen LogP contribution is 2.72. The summed E-state index contributed by atoms with van der Waals surface area (Å²) in [5, 5.41) is 9.76. The van der Waals surface area contributed by atoms with Crippen LogP contribution in [0, 0.1) is 10.8 Å². The van der Waals surface area contributed by atoms with Crippen molar-refractivity contribution in [3.8, 4) is 17.1 Å². The topological polar surface area (TPSA) is 79.9 Å². The number of nitrogens with one attached hydrogen (secondary N) is 2. The summed E-state index contributed by atoms with van der Waals surface area (Å²) in [6, 6.07) is 5.77. The van der Waals surface area contributed by atoms with Gasteiger partial charge in [0.2, 0.25) is 5.91 Å². The van der Waals surface area contributed by atoms with Crippen molar-refractivity contribution in [3.63, 3.8) is 0 Å². The molecule has 23 heavy (non-hydrogen) atoms. The number of carbonyl (C=O) groups excluding carboxylic acids is 1. The highest BCUT2D eigenvalue weighted by Gasteiger charge is 2.67. The molecule has 2 heterocycles. The average molecular weight is 312 g/mol. The van der Waals surface area contributed by atoms with Gasteiger partial charge in [0.1, 0.15) is 5.75 Å². The standard InChI is InChI=1S/C17H20N4O2/c1-12(22)19-10-16-7-17(8-16,9-16)11-23-13-2-3-14(18-6-13)15-4-5-20-21-15/h2-6H,7-11H2,1H3,(H,19,22)(H,20,21). The number of carbonyl (C=O) groups is 1. The van der Waals surface area contributed by atoms with E-state index in [1.807, 2.05) is 18.2 Å². The molecule has 6 nitrogen and oxygen atoms in total. The summed E-state index contributed by atoms with van der Waals surface area (Å²) in [4.78, 5) is 15.4. The number of pyridine rings is 1. The van der Waals surface area contributed by atoms with Crippen LogP contribution in [0.1, 0.15) is 26.2 Å². The fourth-order valence-electron chi connectivity index (χ4n) is 4.14. The number of amides is 1. The summed E-state index contributed by atoms with van der Waals surface area (Å²) >= 11 is 0. The molecule has 0 spiro atoms. The third-order valence-electron chi connectivity index (χ3n) is 5.02. The number of hydrogen-bond donors (Lipinski definition) is 2. The average Bonchev–Trinajstić information content (AvgIpc) is 2.98. The molecule has 2 bridgehead atoms. The summed E-state index contributed by atoms with van der Waals surface area (Å²) < 4.78 is 5.92. The number of hydrogen-bond acceptors (Lipinski definition) is 4. The molecule has 120 valence electrons. The number of rotatable bonds is 6. The van der Waals surface area contributed by atoms with E-state index in [1.165, 1.54) is 0 Å². The van der Waals surface area contributed by atoms with Crippen molar-refractivity contribution >= 4 is 5.91 Å². The smallest absolute Gasteiger partial charge is 0.216 e. The third-order valence-corrected chi connectivity index (χ3v) is 5.02. The van der Waals surface area contributed by atoms with Gasteiger partial charge in [-0.05, 0) is 42.9 Å². The molecule has 0 aromatic carbocycles. The van der Waals surface area contributed by atoms with Gasteiger partial charge < -0.3 is 10.1 Å². The first-order valence-electron chi connectivity index (χ1n) is 7.91. The van der Waals surface area contributed by atoms with Crippen molar-refractivity contribution in [3.05, 3.63) is 30.6 Å². The molecular weight excluding hydrogens is 292 g/mol. The van der Waals surface area contributed by atoms with E-state index < -0.39 is 0 Å². The lowest BCUT2D eigenvalue weighted by Gasteiger charge is -2.70. The fraction of sp³-hybridized carbons (Fsp3) is 0.471. The summed E-state index contributed by atoms with van der Waals surface area (Å²) in [7, 11) is 0. The molecule has 3 saturated carbocycles. The van der Waals surface area contributed by atoms with E-state index in [9.17, 15) is 4.79 Å². The maximum Gasteiger partial charge on any atom is 0.216 e. The Labute approximate surface area is 134 Å². The lowest BCUT2D eigenvalue weighted by atomic mass is 9.35. The van der Waals surface area contributed by atoms with E-state index in [0.717, 1.165) is 49.6 Å². The Morgan fingerprint density at radius 2 is 2.13 bits per heavy atom. The maximum absolute atomic E-state index is 11.0. The summed E-state index contributed by atoms with van der Waals surface area (Å²) in [6.45, 7) is 3.12. The Morgan fingerprint density at radius 1 is 1.30 bits per heavy atom. The molecule has 0 atom stereocenters. The lowest BCUT2D eigenvalue weighted by molar-refractivity contribution is -0.215. The molecule has 2 aromatic heterocycles. The van der Waals surface area contributed by atoms with Gasteiger partial charge in [-0.15, -0.1) is 0 Å². The van der Waals surface area contributed by atoms with Crippen molar-refractivity contribution in [2.24, 2.45) is 10.8 Å². The van der Waals surface area contributed by atoms with Gasteiger partial charge in [0.25, 0.3) is 0 Å². The second-order valence-electron chi connectivity index (χ2n) is 7.08. The van der Waals surface area contributed by atoms with Crippen LogP contribution in [0.15, 0.2) is 30.6 Å². The van der Waals surface area contributed by atoms with Crippen LogP contribution in [0.2, 0.25) is 0 Å². The maximum atomic E-state index is 11.0. The number of H-pyrrole nitrogens is 1. The minimum Gasteiger partial charge on any atom is -0.491 e. The predicted molar refractivity (Wildman–Crippen MR) is 84.7 cm³/mol. The molecule has 6 heteroatoms. The highest BCUT2D eigenvalue weighted by atomic mass is 16.5. The van der Waals surface area contributed by atoms with E-state index in [4.69, 9.17) is 4.74 Å². The van der Waals surface area contributed by atoms with Gasteiger partial charge in [0.15, 0.2) is 0 Å². The first-order chi connectivity index (χ1) is 11.1. The van der Waals surface area contributed by atoms with Crippen LogP contribution < -0.4 is 10.1 Å². The monoisotopic (exact) mass is 312 g/mol. The van der Waals surface area contributed by atoms with Crippen molar-refractivity contribution in [1.29, 1.82) is 0 Å². The molecule has 3 aliphatic carbocycles. The van der Waals surface area contributed by atoms with Gasteiger partial charge in [-0.3, -0.25) is 14.9 Å². The van der Waals surface area contributed by atoms with Crippen LogP contribution >= 0.6 is 0 Å². The van der Waals surface area contributed by atoms with Gasteiger partial charge in [-0.1, -0.05) is 0 Å². The Kier molecular flexibility index (Phi) is 3.14. The minimum absolute atomic E-state index is 0.0588. The molecule has 2 aromatic rings. The van der Waals surface area contributed by atoms with E-state index in [2.05, 4.69) is 20.5 Å². The van der Waals surface area contributed by atoms with Crippen molar-refractivity contribution in [2.45, 2.75) is 26.2 Å². The van der Waals surface area contributed by atoms with E-state index in [0.29, 0.717) is 10.8 Å². The first-order valence-corrected chi connectivity index (χ1v) is 7.91. The lowest BCUT2D eigenvalue weighted by Crippen LogP contribution is -2.67. The zero-order valence-electron chi connectivity index (χ0n) is 13.1. The van der Waals surface area contributed by atoms with Crippen molar-refractivity contribution in [1.82, 2.24) is 20.5 Å². The quantitative estimate of drug-likeness (QED) is 0.856. The van der Waals surface area contributed by atoms with Crippen LogP contribution in [-0.4, -0.2) is 34.2 Å². The number of nitrogens with zero attached hydrogens (tertiary/aromatic N) is 2. The van der Waals surface area contributed by atoms with Gasteiger partial charge in [-0.2, -0.15) is 5.10 Å². The number of aromatic nitrogens is 3. The molecule has 0 radical (unpaired) electrons.